The molecule has 3 amide bonds. The van der Waals surface area contributed by atoms with Crippen molar-refractivity contribution in [3.05, 3.63) is 88.7 Å². The molecule has 0 bridgehead atoms. The summed E-state index contributed by atoms with van der Waals surface area (Å²) in [7, 11) is 1.49. The molecule has 2 N–H and O–H groups in total. The van der Waals surface area contributed by atoms with Crippen LogP contribution in [0.5, 0.6) is 0 Å². The Balaban J connectivity index is 1.64. The summed E-state index contributed by atoms with van der Waals surface area (Å²) in [6, 6.07) is 11.3. The zero-order chi connectivity index (χ0) is 27.8. The molecule has 198 valence electrons. The smallest absolute Gasteiger partial charge is 0.252 e. The van der Waals surface area contributed by atoms with Crippen molar-refractivity contribution in [2.75, 3.05) is 23.4 Å². The molecule has 1 aliphatic rings. The molecule has 0 radical (unpaired) electrons. The zero-order valence-corrected chi connectivity index (χ0v) is 21.4. The summed E-state index contributed by atoms with van der Waals surface area (Å²) in [6.45, 7) is 2.72. The van der Waals surface area contributed by atoms with Crippen LogP contribution < -0.4 is 20.4 Å². The monoisotopic (exact) mass is 544 g/mol. The lowest BCUT2D eigenvalue weighted by Gasteiger charge is -2.30. The van der Waals surface area contributed by atoms with Gasteiger partial charge in [0, 0.05) is 29.4 Å². The average molecular weight is 545 g/mol. The molecule has 1 aliphatic heterocycles. The van der Waals surface area contributed by atoms with Gasteiger partial charge >= 0.3 is 0 Å². The summed E-state index contributed by atoms with van der Waals surface area (Å²) in [5.74, 6) is -3.96. The molecule has 38 heavy (non-hydrogen) atoms. The standard InChI is InChI=1S/C27H24ClF3N4O3/c1-27(2,33-24(36)15-4-7-17(29)8-5-15)26(38)32-21-14-35(20-12-18(30)11-19(31)13-20)22-9-6-16(28)10-23(22)34(3)25(21)37/h4-13,21H,14H2,1-3H3,(H,32,38)(H,33,36)/t21-/m1/s1. The third-order valence-corrected chi connectivity index (χ3v) is 6.38. The van der Waals surface area contributed by atoms with Crippen LogP contribution in [0.4, 0.5) is 30.2 Å². The first kappa shape index (κ1) is 27.0. The largest absolute Gasteiger partial charge is 0.341 e. The quantitative estimate of drug-likeness (QED) is 0.493. The lowest BCUT2D eigenvalue weighted by Crippen LogP contribution is -2.60. The number of fused-ring (bicyclic) bond motifs is 1. The van der Waals surface area contributed by atoms with E-state index in [1.54, 1.807) is 12.1 Å². The fourth-order valence-electron chi connectivity index (χ4n) is 4.10. The molecule has 1 heterocycles. The second-order valence-corrected chi connectivity index (χ2v) is 9.82. The SMILES string of the molecule is CN1C(=O)[C@H](NC(=O)C(C)(C)NC(=O)c2ccc(F)cc2)CN(c2cc(F)cc(F)c2)c2ccc(Cl)cc21. The molecule has 0 aromatic heterocycles. The highest BCUT2D eigenvalue weighted by Gasteiger charge is 2.38. The van der Waals surface area contributed by atoms with Gasteiger partial charge in [-0.2, -0.15) is 0 Å². The van der Waals surface area contributed by atoms with Gasteiger partial charge in [0.2, 0.25) is 5.91 Å². The molecular weight excluding hydrogens is 521 g/mol. The van der Waals surface area contributed by atoms with Crippen LogP contribution in [0.15, 0.2) is 60.7 Å². The Morgan fingerprint density at radius 3 is 2.18 bits per heavy atom. The van der Waals surface area contributed by atoms with Gasteiger partial charge in [-0.3, -0.25) is 14.4 Å². The molecule has 3 aromatic rings. The fourth-order valence-corrected chi connectivity index (χ4v) is 4.27. The van der Waals surface area contributed by atoms with Crippen molar-refractivity contribution in [2.24, 2.45) is 0 Å². The highest BCUT2D eigenvalue weighted by molar-refractivity contribution is 6.31. The first-order valence-corrected chi connectivity index (χ1v) is 11.9. The van der Waals surface area contributed by atoms with E-state index in [4.69, 9.17) is 11.6 Å². The zero-order valence-electron chi connectivity index (χ0n) is 20.7. The summed E-state index contributed by atoms with van der Waals surface area (Å²) >= 11 is 6.17. The predicted molar refractivity (Wildman–Crippen MR) is 138 cm³/mol. The first-order chi connectivity index (χ1) is 17.9. The Kier molecular flexibility index (Phi) is 7.37. The van der Waals surface area contributed by atoms with Crippen LogP contribution in [0.2, 0.25) is 5.02 Å². The van der Waals surface area contributed by atoms with Crippen molar-refractivity contribution in [3.8, 4) is 0 Å². The van der Waals surface area contributed by atoms with E-state index in [1.807, 2.05) is 0 Å². The van der Waals surface area contributed by atoms with Crippen LogP contribution >= 0.6 is 11.6 Å². The lowest BCUT2D eigenvalue weighted by atomic mass is 10.0. The van der Waals surface area contributed by atoms with Crippen molar-refractivity contribution in [2.45, 2.75) is 25.4 Å². The number of carbonyl (C=O) groups is 3. The van der Waals surface area contributed by atoms with Crippen molar-refractivity contribution >= 4 is 46.4 Å². The number of rotatable bonds is 5. The van der Waals surface area contributed by atoms with E-state index < -0.39 is 46.8 Å². The van der Waals surface area contributed by atoms with E-state index in [2.05, 4.69) is 10.6 Å². The number of halogens is 4. The van der Waals surface area contributed by atoms with E-state index in [-0.39, 0.29) is 17.8 Å². The normalized spacial score (nSPS) is 15.6. The van der Waals surface area contributed by atoms with Gasteiger partial charge in [0.25, 0.3) is 11.8 Å². The van der Waals surface area contributed by atoms with E-state index >= 15 is 0 Å². The third kappa shape index (κ3) is 5.60. The lowest BCUT2D eigenvalue weighted by molar-refractivity contribution is -0.130. The van der Waals surface area contributed by atoms with Crippen molar-refractivity contribution in [1.82, 2.24) is 10.6 Å². The minimum Gasteiger partial charge on any atom is -0.341 e. The van der Waals surface area contributed by atoms with Crippen LogP contribution in [0, 0.1) is 17.5 Å². The van der Waals surface area contributed by atoms with Gasteiger partial charge in [0.15, 0.2) is 0 Å². The second kappa shape index (κ2) is 10.4. The highest BCUT2D eigenvalue weighted by Crippen LogP contribution is 2.39. The van der Waals surface area contributed by atoms with E-state index in [0.29, 0.717) is 16.4 Å². The molecule has 4 rings (SSSR count). The van der Waals surface area contributed by atoms with Gasteiger partial charge in [-0.05, 0) is 68.4 Å². The summed E-state index contributed by atoms with van der Waals surface area (Å²) in [4.78, 5) is 42.2. The minimum absolute atomic E-state index is 0.122. The van der Waals surface area contributed by atoms with E-state index in [0.717, 1.165) is 30.3 Å². The van der Waals surface area contributed by atoms with Gasteiger partial charge in [-0.25, -0.2) is 13.2 Å². The van der Waals surface area contributed by atoms with Gasteiger partial charge < -0.3 is 20.4 Å². The number of hydrogen-bond donors (Lipinski definition) is 2. The summed E-state index contributed by atoms with van der Waals surface area (Å²) < 4.78 is 41.5. The van der Waals surface area contributed by atoms with E-state index in [9.17, 15) is 27.6 Å². The van der Waals surface area contributed by atoms with Crippen molar-refractivity contribution < 1.29 is 27.6 Å². The van der Waals surface area contributed by atoms with Crippen LogP contribution in [-0.4, -0.2) is 42.9 Å². The maximum atomic E-state index is 14.1. The molecule has 1 atom stereocenters. The number of likely N-dealkylation sites (N-methyl/N-ethyl adjacent to an activating group) is 1. The predicted octanol–water partition coefficient (Wildman–Crippen LogP) is 4.57. The molecule has 0 fully saturated rings. The summed E-state index contributed by atoms with van der Waals surface area (Å²) in [6.07, 6.45) is 0. The Morgan fingerprint density at radius 1 is 0.921 bits per heavy atom. The summed E-state index contributed by atoms with van der Waals surface area (Å²) in [5.41, 5.74) is -0.409. The number of nitrogens with zero attached hydrogens (tertiary/aromatic N) is 2. The van der Waals surface area contributed by atoms with Crippen LogP contribution in [-0.2, 0) is 9.59 Å². The number of carbonyl (C=O) groups excluding carboxylic acids is 3. The molecule has 0 saturated heterocycles. The van der Waals surface area contributed by atoms with E-state index in [1.165, 1.54) is 48.9 Å². The number of hydrogen-bond acceptors (Lipinski definition) is 4. The molecule has 0 spiro atoms. The van der Waals surface area contributed by atoms with Crippen LogP contribution in [0.25, 0.3) is 0 Å². The Labute approximate surface area is 222 Å². The number of benzene rings is 3. The Bertz CT molecular complexity index is 1390. The topological polar surface area (TPSA) is 81.8 Å². The highest BCUT2D eigenvalue weighted by atomic mass is 35.5. The number of anilines is 3. The maximum Gasteiger partial charge on any atom is 0.252 e. The molecule has 3 aromatic carbocycles. The second-order valence-electron chi connectivity index (χ2n) is 9.38. The van der Waals surface area contributed by atoms with Crippen molar-refractivity contribution in [3.63, 3.8) is 0 Å². The third-order valence-electron chi connectivity index (χ3n) is 6.15. The van der Waals surface area contributed by atoms with Gasteiger partial charge in [-0.15, -0.1) is 0 Å². The molecule has 0 aliphatic carbocycles. The molecule has 7 nitrogen and oxygen atoms in total. The number of nitrogens with one attached hydrogen (secondary N) is 2. The van der Waals surface area contributed by atoms with Crippen molar-refractivity contribution in [1.29, 1.82) is 0 Å². The maximum absolute atomic E-state index is 14.1. The molecule has 0 saturated carbocycles. The van der Waals surface area contributed by atoms with Crippen LogP contribution in [0.1, 0.15) is 24.2 Å². The van der Waals surface area contributed by atoms with Gasteiger partial charge in [-0.1, -0.05) is 11.6 Å². The fraction of sp³-hybridized carbons (Fsp3) is 0.222. The molecular formula is C27H24ClF3N4O3. The molecule has 11 heteroatoms. The molecule has 0 unspecified atom stereocenters. The average Bonchev–Trinajstić information content (AvgIpc) is 2.94. The van der Waals surface area contributed by atoms with Gasteiger partial charge in [0.05, 0.1) is 17.9 Å². The minimum atomic E-state index is -1.48. The Morgan fingerprint density at radius 2 is 1.55 bits per heavy atom. The van der Waals surface area contributed by atoms with Crippen LogP contribution in [0.3, 0.4) is 0 Å². The van der Waals surface area contributed by atoms with Gasteiger partial charge in [0.1, 0.15) is 29.0 Å². The Hall–Kier alpha value is -4.05. The first-order valence-electron chi connectivity index (χ1n) is 11.6. The number of amides is 3. The summed E-state index contributed by atoms with van der Waals surface area (Å²) in [5, 5.41) is 5.57.